The normalized spacial score (nSPS) is 32.0. The summed E-state index contributed by atoms with van der Waals surface area (Å²) in [6.45, 7) is 3.54. The first-order valence-electron chi connectivity index (χ1n) is 23.3. The Morgan fingerprint density at radius 2 is 1.62 bits per heavy atom. The predicted octanol–water partition coefficient (Wildman–Crippen LogP) is 2.14. The van der Waals surface area contributed by atoms with Gasteiger partial charge in [-0.15, -0.1) is 0 Å². The monoisotopic (exact) mass is 909 g/mol. The zero-order valence-corrected chi connectivity index (χ0v) is 37.6. The Kier molecular flexibility index (Phi) is 16.5. The Hall–Kier alpha value is -3.85. The molecule has 4 aliphatic heterocycles. The van der Waals surface area contributed by atoms with Gasteiger partial charge >= 0.3 is 5.97 Å². The Morgan fingerprint density at radius 3 is 2.28 bits per heavy atom. The fourth-order valence-corrected chi connectivity index (χ4v) is 10.1. The number of likely N-dealkylation sites (N-methyl/N-ethyl adjacent to an activating group) is 1. The number of esters is 1. The SMILES string of the molecule is CCCCCC1(CCCCC)O[C@@H]2[C@H]3ON(Cc4ccc(C=CCO[C@H]5O[C@H](CO)[C@H](O)[C@H](O)[C@H]5O)cc4)[C@H]4C(=O)OC(CC34C(=O)N(C)[C@H](Cc3ccccc3)C(=O)NCCO)[C@@H]2O1. The van der Waals surface area contributed by atoms with Crippen molar-refractivity contribution >= 4 is 23.9 Å². The minimum atomic E-state index is -1.54. The first-order valence-corrected chi connectivity index (χ1v) is 23.3. The van der Waals surface area contributed by atoms with Gasteiger partial charge in [-0.1, -0.05) is 106 Å². The smallest absolute Gasteiger partial charge is 0.327 e. The van der Waals surface area contributed by atoms with Crippen molar-refractivity contribution < 1.29 is 68.4 Å². The van der Waals surface area contributed by atoms with Crippen molar-refractivity contribution in [3.05, 3.63) is 77.4 Å². The fourth-order valence-electron chi connectivity index (χ4n) is 10.1. The lowest BCUT2D eigenvalue weighted by Crippen LogP contribution is -2.70. The van der Waals surface area contributed by atoms with Crippen LogP contribution in [-0.4, -0.2) is 160 Å². The average Bonchev–Trinajstić information content (AvgIpc) is 3.87. The molecule has 4 saturated heterocycles. The largest absolute Gasteiger partial charge is 0.458 e. The molecule has 0 radical (unpaired) electrons. The van der Waals surface area contributed by atoms with E-state index in [4.69, 9.17) is 28.5 Å². The summed E-state index contributed by atoms with van der Waals surface area (Å²) in [4.78, 5) is 52.2. The summed E-state index contributed by atoms with van der Waals surface area (Å²) in [5.74, 6) is -2.45. The summed E-state index contributed by atoms with van der Waals surface area (Å²) in [6.07, 6.45) is 0.726. The van der Waals surface area contributed by atoms with Crippen LogP contribution in [0, 0.1) is 5.41 Å². The molecule has 1 saturated carbocycles. The van der Waals surface area contributed by atoms with Crippen LogP contribution in [0.15, 0.2) is 60.7 Å². The van der Waals surface area contributed by atoms with E-state index < -0.39 is 103 Å². The molecule has 358 valence electrons. The molecule has 12 atom stereocenters. The number of carbonyl (C=O) groups excluding carboxylic acids is 3. The van der Waals surface area contributed by atoms with Crippen LogP contribution in [-0.2, 0) is 55.9 Å². The number of hydrogen-bond donors (Lipinski definition) is 6. The van der Waals surface area contributed by atoms with Crippen LogP contribution < -0.4 is 5.32 Å². The van der Waals surface area contributed by atoms with Crippen LogP contribution in [0.25, 0.3) is 6.08 Å². The van der Waals surface area contributed by atoms with Gasteiger partial charge in [0.25, 0.3) is 0 Å². The number of hydroxylamine groups is 2. The van der Waals surface area contributed by atoms with Gasteiger partial charge in [-0.05, 0) is 29.5 Å². The average molecular weight is 910 g/mol. The van der Waals surface area contributed by atoms with Crippen molar-refractivity contribution in [1.29, 1.82) is 0 Å². The molecule has 2 bridgehead atoms. The number of rotatable bonds is 22. The third-order valence-electron chi connectivity index (χ3n) is 13.6. The number of aliphatic hydroxyl groups excluding tert-OH is 5. The highest BCUT2D eigenvalue weighted by Gasteiger charge is 2.76. The van der Waals surface area contributed by atoms with Crippen molar-refractivity contribution in [2.75, 3.05) is 33.4 Å². The molecule has 7 rings (SSSR count). The summed E-state index contributed by atoms with van der Waals surface area (Å²) in [6, 6.07) is 14.7. The molecule has 17 heteroatoms. The van der Waals surface area contributed by atoms with Gasteiger partial charge in [0.2, 0.25) is 11.8 Å². The van der Waals surface area contributed by atoms with E-state index in [1.54, 1.807) is 19.2 Å². The van der Waals surface area contributed by atoms with E-state index in [1.807, 2.05) is 54.6 Å². The van der Waals surface area contributed by atoms with Crippen LogP contribution in [0.5, 0.6) is 0 Å². The Labute approximate surface area is 380 Å². The highest BCUT2D eigenvalue weighted by molar-refractivity contribution is 5.96. The Morgan fingerprint density at radius 1 is 0.923 bits per heavy atom. The maximum absolute atomic E-state index is 15.6. The maximum Gasteiger partial charge on any atom is 0.327 e. The molecule has 0 aromatic heterocycles. The number of ether oxygens (including phenoxy) is 5. The molecule has 65 heavy (non-hydrogen) atoms. The molecule has 5 aliphatic rings. The van der Waals surface area contributed by atoms with Gasteiger partial charge in [-0.2, -0.15) is 5.06 Å². The van der Waals surface area contributed by atoms with E-state index >= 15 is 4.79 Å². The van der Waals surface area contributed by atoms with Gasteiger partial charge in [-0.3, -0.25) is 19.2 Å². The van der Waals surface area contributed by atoms with Crippen molar-refractivity contribution in [2.24, 2.45) is 5.41 Å². The number of carbonyl (C=O) groups is 3. The summed E-state index contributed by atoms with van der Waals surface area (Å²) in [5.41, 5.74) is 0.873. The van der Waals surface area contributed by atoms with Gasteiger partial charge in [0.1, 0.15) is 60.3 Å². The van der Waals surface area contributed by atoms with Gasteiger partial charge in [0, 0.05) is 39.3 Å². The summed E-state index contributed by atoms with van der Waals surface area (Å²) < 4.78 is 31.2. The van der Waals surface area contributed by atoms with Crippen LogP contribution in [0.3, 0.4) is 0 Å². The van der Waals surface area contributed by atoms with Crippen molar-refractivity contribution in [2.45, 2.75) is 158 Å². The molecular formula is C48H67N3O14. The highest BCUT2D eigenvalue weighted by atomic mass is 16.8. The molecule has 2 aromatic rings. The minimum Gasteiger partial charge on any atom is -0.458 e. The fraction of sp³-hybridized carbons (Fsp3) is 0.646. The second kappa shape index (κ2) is 21.8. The zero-order valence-electron chi connectivity index (χ0n) is 37.6. The molecule has 6 N–H and O–H groups in total. The standard InChI is InChI=1S/C48H67N3O14/c1-4-6-11-21-47(22-12-7-5-2)63-39-34-27-48(46(59)50(3)33(43(57)49-23-24-52)26-31-14-9-8-10-15-31)41(44(58)61-34)51(65-42(48)40(39)64-47)28-32-19-17-30(18-20-32)16-13-25-60-45-38(56)37(55)36(54)35(29-53)62-45/h8-10,13-20,33-42,45,52-56H,4-7,11-12,21-29H2,1-3H3,(H,49,57)/t33-,34?,35-,36+,37+,38-,39+,40+,41+,42-,45+,48?/m1/s1. The van der Waals surface area contributed by atoms with Crippen molar-refractivity contribution in [3.8, 4) is 0 Å². The molecule has 2 unspecified atom stereocenters. The molecule has 1 aliphatic carbocycles. The number of nitrogens with one attached hydrogen (secondary N) is 1. The number of unbranched alkanes of at least 4 members (excludes halogenated alkanes) is 4. The molecule has 17 nitrogen and oxygen atoms in total. The maximum atomic E-state index is 15.6. The number of fused-ring (bicyclic) bond motifs is 4. The van der Waals surface area contributed by atoms with E-state index in [0.29, 0.717) is 12.8 Å². The Bertz CT molecular complexity index is 1910. The second-order valence-corrected chi connectivity index (χ2v) is 18.0. The predicted molar refractivity (Wildman–Crippen MR) is 234 cm³/mol. The minimum absolute atomic E-state index is 0.00538. The molecule has 4 heterocycles. The van der Waals surface area contributed by atoms with Gasteiger partial charge in [-0.25, -0.2) is 0 Å². The molecule has 0 spiro atoms. The van der Waals surface area contributed by atoms with Crippen LogP contribution in [0.1, 0.15) is 88.3 Å². The first kappa shape index (κ1) is 49.1. The number of aliphatic hydroxyl groups is 5. The van der Waals surface area contributed by atoms with Gasteiger partial charge in [0.05, 0.1) is 26.4 Å². The van der Waals surface area contributed by atoms with E-state index in [1.165, 1.54) is 9.96 Å². The molecule has 2 amide bonds. The zero-order chi connectivity index (χ0) is 46.3. The summed E-state index contributed by atoms with van der Waals surface area (Å²) in [7, 11) is 1.58. The third kappa shape index (κ3) is 10.4. The summed E-state index contributed by atoms with van der Waals surface area (Å²) in [5, 5.41) is 53.8. The lowest BCUT2D eigenvalue weighted by molar-refractivity contribution is -0.298. The number of benzene rings is 2. The van der Waals surface area contributed by atoms with Crippen LogP contribution in [0.4, 0.5) is 0 Å². The second-order valence-electron chi connectivity index (χ2n) is 18.0. The van der Waals surface area contributed by atoms with Crippen LogP contribution >= 0.6 is 0 Å². The summed E-state index contributed by atoms with van der Waals surface area (Å²) >= 11 is 0. The van der Waals surface area contributed by atoms with E-state index in [9.17, 15) is 35.1 Å². The highest BCUT2D eigenvalue weighted by Crippen LogP contribution is 2.58. The third-order valence-corrected chi connectivity index (χ3v) is 13.6. The van der Waals surface area contributed by atoms with Gasteiger partial charge in [0.15, 0.2) is 18.1 Å². The number of hydrogen-bond acceptors (Lipinski definition) is 15. The topological polar surface area (TPSA) is 226 Å². The van der Waals surface area contributed by atoms with Crippen molar-refractivity contribution in [1.82, 2.24) is 15.3 Å². The number of amides is 2. The van der Waals surface area contributed by atoms with Crippen LogP contribution in [0.2, 0.25) is 0 Å². The Balaban J connectivity index is 1.16. The quantitative estimate of drug-likeness (QED) is 0.0736. The number of nitrogens with zero attached hydrogens (tertiary/aromatic N) is 2. The van der Waals surface area contributed by atoms with E-state index in [0.717, 1.165) is 55.2 Å². The molecule has 2 aromatic carbocycles. The van der Waals surface area contributed by atoms with Crippen molar-refractivity contribution in [3.63, 3.8) is 0 Å². The first-order chi connectivity index (χ1) is 31.4. The van der Waals surface area contributed by atoms with E-state index in [2.05, 4.69) is 19.2 Å². The van der Waals surface area contributed by atoms with E-state index in [-0.39, 0.29) is 39.1 Å². The lowest BCUT2D eigenvalue weighted by Gasteiger charge is -2.50. The molecule has 5 fully saturated rings. The molecular weight excluding hydrogens is 843 g/mol. The van der Waals surface area contributed by atoms with Gasteiger partial charge < -0.3 is 59.4 Å². The lowest BCUT2D eigenvalue weighted by atomic mass is 9.62.